The zero-order valence-electron chi connectivity index (χ0n) is 11.5. The Balaban J connectivity index is 2.03. The van der Waals surface area contributed by atoms with E-state index in [1.807, 2.05) is 35.8 Å². The fraction of sp³-hybridized carbons (Fsp3) is 0.200. The van der Waals surface area contributed by atoms with Crippen molar-refractivity contribution < 1.29 is 4.74 Å². The van der Waals surface area contributed by atoms with Crippen molar-refractivity contribution in [1.82, 2.24) is 14.5 Å². The molecule has 0 amide bonds. The lowest BCUT2D eigenvalue weighted by atomic mass is 10.2. The van der Waals surface area contributed by atoms with E-state index >= 15 is 0 Å². The highest BCUT2D eigenvalue weighted by Gasteiger charge is 2.09. The van der Waals surface area contributed by atoms with Crippen molar-refractivity contribution >= 4 is 17.0 Å². The third-order valence-electron chi connectivity index (χ3n) is 3.28. The van der Waals surface area contributed by atoms with Crippen molar-refractivity contribution in [2.24, 2.45) is 0 Å². The minimum atomic E-state index is 0.515. The van der Waals surface area contributed by atoms with E-state index in [1.165, 1.54) is 5.56 Å². The zero-order valence-corrected chi connectivity index (χ0v) is 11.5. The number of benzene rings is 1. The molecule has 5 nitrogen and oxygen atoms in total. The lowest BCUT2D eigenvalue weighted by molar-refractivity contribution is 0.397. The number of pyridine rings is 1. The number of nitrogens with two attached hydrogens (primary N) is 1. The molecule has 2 heterocycles. The molecule has 102 valence electrons. The van der Waals surface area contributed by atoms with Crippen LogP contribution in [-0.4, -0.2) is 21.6 Å². The van der Waals surface area contributed by atoms with Gasteiger partial charge in [0.1, 0.15) is 0 Å². The Bertz CT molecular complexity index is 764. The van der Waals surface area contributed by atoms with Crippen molar-refractivity contribution in [3.8, 4) is 5.88 Å². The second-order valence-electron chi connectivity index (χ2n) is 4.75. The molecule has 0 unspecified atom stereocenters. The van der Waals surface area contributed by atoms with Gasteiger partial charge in [-0.25, -0.2) is 9.97 Å². The Labute approximate surface area is 117 Å². The Morgan fingerprint density at radius 3 is 2.90 bits per heavy atom. The van der Waals surface area contributed by atoms with Gasteiger partial charge in [-0.1, -0.05) is 6.07 Å². The average molecular weight is 268 g/mol. The summed E-state index contributed by atoms with van der Waals surface area (Å²) in [5, 5.41) is 0. The van der Waals surface area contributed by atoms with Crippen molar-refractivity contribution in [2.75, 3.05) is 12.8 Å². The van der Waals surface area contributed by atoms with Gasteiger partial charge in [-0.2, -0.15) is 0 Å². The van der Waals surface area contributed by atoms with Crippen LogP contribution in [0.3, 0.4) is 0 Å². The van der Waals surface area contributed by atoms with Gasteiger partial charge in [0, 0.05) is 12.3 Å². The van der Waals surface area contributed by atoms with Crippen LogP contribution in [0.1, 0.15) is 11.1 Å². The van der Waals surface area contributed by atoms with Gasteiger partial charge in [0.05, 0.1) is 24.7 Å². The molecule has 3 rings (SSSR count). The molecular weight excluding hydrogens is 252 g/mol. The van der Waals surface area contributed by atoms with E-state index in [1.54, 1.807) is 13.3 Å². The molecule has 0 bridgehead atoms. The molecule has 0 saturated carbocycles. The van der Waals surface area contributed by atoms with Gasteiger partial charge in [0.2, 0.25) is 11.8 Å². The number of hydrogen-bond acceptors (Lipinski definition) is 4. The number of nitrogens with zero attached hydrogens (tertiary/aromatic N) is 3. The third-order valence-corrected chi connectivity index (χ3v) is 3.28. The van der Waals surface area contributed by atoms with E-state index in [4.69, 9.17) is 10.5 Å². The SMILES string of the molecule is COc1cc(Cn2c(N)nc3cc(C)ccc32)ccn1. The summed E-state index contributed by atoms with van der Waals surface area (Å²) in [4.78, 5) is 8.51. The topological polar surface area (TPSA) is 66.0 Å². The number of imidazole rings is 1. The lowest BCUT2D eigenvalue weighted by Gasteiger charge is -2.07. The molecule has 1 aromatic carbocycles. The molecule has 5 heteroatoms. The number of nitrogen functional groups attached to an aromatic ring is 1. The highest BCUT2D eigenvalue weighted by atomic mass is 16.5. The number of aromatic nitrogens is 3. The Morgan fingerprint density at radius 2 is 2.10 bits per heavy atom. The van der Waals surface area contributed by atoms with Gasteiger partial charge in [-0.3, -0.25) is 0 Å². The molecule has 0 saturated heterocycles. The first-order valence-electron chi connectivity index (χ1n) is 6.38. The molecule has 3 aromatic rings. The molecule has 0 fully saturated rings. The maximum Gasteiger partial charge on any atom is 0.213 e. The van der Waals surface area contributed by atoms with E-state index in [-0.39, 0.29) is 0 Å². The quantitative estimate of drug-likeness (QED) is 0.792. The molecule has 0 aliphatic rings. The molecule has 0 aliphatic heterocycles. The van der Waals surface area contributed by atoms with E-state index in [2.05, 4.69) is 16.0 Å². The largest absolute Gasteiger partial charge is 0.481 e. The average Bonchev–Trinajstić information content (AvgIpc) is 2.74. The van der Waals surface area contributed by atoms with Crippen LogP contribution in [0.4, 0.5) is 5.95 Å². The van der Waals surface area contributed by atoms with Gasteiger partial charge in [-0.05, 0) is 36.2 Å². The van der Waals surface area contributed by atoms with Crippen LogP contribution in [0, 0.1) is 6.92 Å². The van der Waals surface area contributed by atoms with Crippen molar-refractivity contribution in [3.05, 3.63) is 47.7 Å². The van der Waals surface area contributed by atoms with Crippen molar-refractivity contribution in [3.63, 3.8) is 0 Å². The Morgan fingerprint density at radius 1 is 1.25 bits per heavy atom. The van der Waals surface area contributed by atoms with Gasteiger partial charge in [0.25, 0.3) is 0 Å². The maximum absolute atomic E-state index is 6.03. The summed E-state index contributed by atoms with van der Waals surface area (Å²) in [7, 11) is 1.61. The summed E-state index contributed by atoms with van der Waals surface area (Å²) in [6, 6.07) is 10.00. The number of rotatable bonds is 3. The molecule has 0 spiro atoms. The smallest absolute Gasteiger partial charge is 0.213 e. The summed E-state index contributed by atoms with van der Waals surface area (Å²) >= 11 is 0. The first-order valence-corrected chi connectivity index (χ1v) is 6.38. The monoisotopic (exact) mass is 268 g/mol. The predicted molar refractivity (Wildman–Crippen MR) is 78.8 cm³/mol. The van der Waals surface area contributed by atoms with E-state index < -0.39 is 0 Å². The van der Waals surface area contributed by atoms with Crippen LogP contribution in [-0.2, 0) is 6.54 Å². The zero-order chi connectivity index (χ0) is 14.1. The van der Waals surface area contributed by atoms with Crippen molar-refractivity contribution in [2.45, 2.75) is 13.5 Å². The van der Waals surface area contributed by atoms with Gasteiger partial charge < -0.3 is 15.0 Å². The highest BCUT2D eigenvalue weighted by molar-refractivity contribution is 5.79. The molecule has 2 aromatic heterocycles. The number of hydrogen-bond donors (Lipinski definition) is 1. The van der Waals surface area contributed by atoms with E-state index in [0.717, 1.165) is 16.6 Å². The van der Waals surface area contributed by atoms with Crippen LogP contribution in [0.25, 0.3) is 11.0 Å². The van der Waals surface area contributed by atoms with Gasteiger partial charge >= 0.3 is 0 Å². The van der Waals surface area contributed by atoms with E-state index in [9.17, 15) is 0 Å². The number of methoxy groups -OCH3 is 1. The number of aryl methyl sites for hydroxylation is 1. The lowest BCUT2D eigenvalue weighted by Crippen LogP contribution is -2.05. The fourth-order valence-corrected chi connectivity index (χ4v) is 2.27. The number of fused-ring (bicyclic) bond motifs is 1. The van der Waals surface area contributed by atoms with Gasteiger partial charge in [-0.15, -0.1) is 0 Å². The Hall–Kier alpha value is -2.56. The number of ether oxygens (including phenoxy) is 1. The third kappa shape index (κ3) is 2.18. The predicted octanol–water partition coefficient (Wildman–Crippen LogP) is 2.38. The summed E-state index contributed by atoms with van der Waals surface area (Å²) < 4.78 is 7.13. The fourth-order valence-electron chi connectivity index (χ4n) is 2.27. The summed E-state index contributed by atoms with van der Waals surface area (Å²) in [5.41, 5.74) is 10.2. The van der Waals surface area contributed by atoms with E-state index in [0.29, 0.717) is 18.4 Å². The standard InChI is InChI=1S/C15H16N4O/c1-10-3-4-13-12(7-10)18-15(16)19(13)9-11-5-6-17-14(8-11)20-2/h3-8H,9H2,1-2H3,(H2,16,18). The second kappa shape index (κ2) is 4.85. The second-order valence-corrected chi connectivity index (χ2v) is 4.75. The molecule has 0 radical (unpaired) electrons. The van der Waals surface area contributed by atoms with Crippen LogP contribution < -0.4 is 10.5 Å². The first-order chi connectivity index (χ1) is 9.67. The van der Waals surface area contributed by atoms with Crippen LogP contribution in [0.2, 0.25) is 0 Å². The van der Waals surface area contributed by atoms with Crippen LogP contribution in [0.5, 0.6) is 5.88 Å². The first kappa shape index (κ1) is 12.5. The normalized spacial score (nSPS) is 10.9. The van der Waals surface area contributed by atoms with Crippen molar-refractivity contribution in [1.29, 1.82) is 0 Å². The maximum atomic E-state index is 6.03. The molecule has 20 heavy (non-hydrogen) atoms. The van der Waals surface area contributed by atoms with Crippen LogP contribution in [0.15, 0.2) is 36.5 Å². The summed E-state index contributed by atoms with van der Waals surface area (Å²) in [5.74, 6) is 1.11. The minimum Gasteiger partial charge on any atom is -0.481 e. The van der Waals surface area contributed by atoms with Crippen LogP contribution >= 0.6 is 0 Å². The highest BCUT2D eigenvalue weighted by Crippen LogP contribution is 2.21. The number of anilines is 1. The van der Waals surface area contributed by atoms with Gasteiger partial charge in [0.15, 0.2) is 0 Å². The molecule has 2 N–H and O–H groups in total. The summed E-state index contributed by atoms with van der Waals surface area (Å²) in [6.07, 6.45) is 1.73. The molecule has 0 aliphatic carbocycles. The Kier molecular flexibility index (Phi) is 3.02. The minimum absolute atomic E-state index is 0.515. The summed E-state index contributed by atoms with van der Waals surface area (Å²) in [6.45, 7) is 2.69. The molecule has 0 atom stereocenters. The molecular formula is C15H16N4O.